The quantitative estimate of drug-likeness (QED) is 0.761. The Morgan fingerprint density at radius 3 is 2.30 bits per heavy atom. The molecule has 2 N–H and O–H groups in total. The van der Waals surface area contributed by atoms with E-state index in [1.54, 1.807) is 0 Å². The zero-order chi connectivity index (χ0) is 13.9. The van der Waals surface area contributed by atoms with Crippen molar-refractivity contribution in [2.45, 2.75) is 0 Å². The average molecular weight is 264 g/mol. The SMILES string of the molecule is O=C(O)c1cn[nH]c1-c1ccccc1-c1ccccc1. The number of H-pyrrole nitrogens is 1. The van der Waals surface area contributed by atoms with E-state index in [-0.39, 0.29) is 5.56 Å². The van der Waals surface area contributed by atoms with E-state index in [4.69, 9.17) is 0 Å². The van der Waals surface area contributed by atoms with Gasteiger partial charge in [-0.1, -0.05) is 54.6 Å². The van der Waals surface area contributed by atoms with Crippen LogP contribution < -0.4 is 0 Å². The molecule has 2 aromatic carbocycles. The number of aromatic carboxylic acids is 1. The van der Waals surface area contributed by atoms with Gasteiger partial charge >= 0.3 is 5.97 Å². The predicted octanol–water partition coefficient (Wildman–Crippen LogP) is 3.44. The number of aromatic nitrogens is 2. The lowest BCUT2D eigenvalue weighted by Crippen LogP contribution is -1.97. The number of hydrogen-bond donors (Lipinski definition) is 2. The Labute approximate surface area is 115 Å². The van der Waals surface area contributed by atoms with Gasteiger partial charge in [-0.2, -0.15) is 5.10 Å². The van der Waals surface area contributed by atoms with E-state index in [2.05, 4.69) is 10.2 Å². The zero-order valence-corrected chi connectivity index (χ0v) is 10.6. The Morgan fingerprint density at radius 2 is 1.60 bits per heavy atom. The molecular formula is C16H12N2O2. The van der Waals surface area contributed by atoms with Gasteiger partial charge in [0.05, 0.1) is 11.9 Å². The van der Waals surface area contributed by atoms with Gasteiger partial charge in [0.2, 0.25) is 0 Å². The summed E-state index contributed by atoms with van der Waals surface area (Å²) in [5.41, 5.74) is 3.54. The fourth-order valence-electron chi connectivity index (χ4n) is 2.22. The second-order valence-electron chi connectivity index (χ2n) is 4.38. The Morgan fingerprint density at radius 1 is 0.950 bits per heavy atom. The number of carbonyl (C=O) groups is 1. The highest BCUT2D eigenvalue weighted by Crippen LogP contribution is 2.32. The van der Waals surface area contributed by atoms with Crippen molar-refractivity contribution in [3.8, 4) is 22.4 Å². The fraction of sp³-hybridized carbons (Fsp3) is 0. The molecule has 0 atom stereocenters. The van der Waals surface area contributed by atoms with Gasteiger partial charge in [-0.3, -0.25) is 5.10 Å². The fourth-order valence-corrected chi connectivity index (χ4v) is 2.22. The molecule has 4 heteroatoms. The third-order valence-electron chi connectivity index (χ3n) is 3.15. The maximum atomic E-state index is 11.2. The van der Waals surface area contributed by atoms with Gasteiger partial charge in [0.15, 0.2) is 0 Å². The summed E-state index contributed by atoms with van der Waals surface area (Å²) in [7, 11) is 0. The minimum Gasteiger partial charge on any atom is -0.478 e. The van der Waals surface area contributed by atoms with Crippen LogP contribution in [0.25, 0.3) is 22.4 Å². The molecule has 0 aliphatic rings. The summed E-state index contributed by atoms with van der Waals surface area (Å²) in [6.45, 7) is 0. The van der Waals surface area contributed by atoms with Crippen molar-refractivity contribution in [1.82, 2.24) is 10.2 Å². The molecule has 3 aromatic rings. The van der Waals surface area contributed by atoms with Crippen LogP contribution in [-0.2, 0) is 0 Å². The summed E-state index contributed by atoms with van der Waals surface area (Å²) in [6.07, 6.45) is 1.33. The van der Waals surface area contributed by atoms with Crippen LogP contribution >= 0.6 is 0 Å². The molecule has 0 aliphatic heterocycles. The van der Waals surface area contributed by atoms with E-state index in [0.717, 1.165) is 16.7 Å². The molecular weight excluding hydrogens is 252 g/mol. The minimum absolute atomic E-state index is 0.174. The Kier molecular flexibility index (Phi) is 3.05. The highest BCUT2D eigenvalue weighted by Gasteiger charge is 2.16. The lowest BCUT2D eigenvalue weighted by molar-refractivity contribution is 0.0698. The van der Waals surface area contributed by atoms with Gasteiger partial charge in [-0.25, -0.2) is 4.79 Å². The van der Waals surface area contributed by atoms with E-state index in [0.29, 0.717) is 5.69 Å². The molecule has 3 rings (SSSR count). The summed E-state index contributed by atoms with van der Waals surface area (Å²) in [5, 5.41) is 15.8. The van der Waals surface area contributed by atoms with Crippen LogP contribution in [0.15, 0.2) is 60.8 Å². The molecule has 0 fully saturated rings. The Bertz CT molecular complexity index is 748. The molecule has 0 amide bonds. The summed E-state index contributed by atoms with van der Waals surface area (Å²) < 4.78 is 0. The number of carboxylic acids is 1. The highest BCUT2D eigenvalue weighted by atomic mass is 16.4. The third-order valence-corrected chi connectivity index (χ3v) is 3.15. The minimum atomic E-state index is -0.989. The van der Waals surface area contributed by atoms with Crippen molar-refractivity contribution in [2.24, 2.45) is 0 Å². The van der Waals surface area contributed by atoms with Crippen LogP contribution in [0.2, 0.25) is 0 Å². The standard InChI is InChI=1S/C16H12N2O2/c19-16(20)14-10-17-18-15(14)13-9-5-4-8-12(13)11-6-2-1-3-7-11/h1-10H,(H,17,18)(H,19,20). The molecule has 0 saturated carbocycles. The summed E-state index contributed by atoms with van der Waals surface area (Å²) in [4.78, 5) is 11.2. The zero-order valence-electron chi connectivity index (χ0n) is 10.6. The number of rotatable bonds is 3. The van der Waals surface area contributed by atoms with Gasteiger partial charge in [0.1, 0.15) is 5.56 Å². The average Bonchev–Trinajstić information content (AvgIpc) is 2.98. The number of nitrogens with one attached hydrogen (secondary N) is 1. The number of aromatic amines is 1. The van der Waals surface area contributed by atoms with Crippen molar-refractivity contribution >= 4 is 5.97 Å². The van der Waals surface area contributed by atoms with Crippen molar-refractivity contribution in [2.75, 3.05) is 0 Å². The van der Waals surface area contributed by atoms with Gasteiger partial charge in [-0.15, -0.1) is 0 Å². The first-order valence-corrected chi connectivity index (χ1v) is 6.19. The highest BCUT2D eigenvalue weighted by molar-refractivity contribution is 5.97. The van der Waals surface area contributed by atoms with Crippen LogP contribution in [0.4, 0.5) is 0 Å². The maximum absolute atomic E-state index is 11.2. The smallest absolute Gasteiger partial charge is 0.339 e. The summed E-state index contributed by atoms with van der Waals surface area (Å²) in [5.74, 6) is -0.989. The molecule has 0 bridgehead atoms. The predicted molar refractivity (Wildman–Crippen MR) is 76.4 cm³/mol. The monoisotopic (exact) mass is 264 g/mol. The third kappa shape index (κ3) is 2.07. The lowest BCUT2D eigenvalue weighted by atomic mass is 9.96. The maximum Gasteiger partial charge on any atom is 0.339 e. The van der Waals surface area contributed by atoms with Crippen LogP contribution in [0.5, 0.6) is 0 Å². The van der Waals surface area contributed by atoms with Gasteiger partial charge in [-0.05, 0) is 11.1 Å². The van der Waals surface area contributed by atoms with Crippen LogP contribution in [0.1, 0.15) is 10.4 Å². The topological polar surface area (TPSA) is 66.0 Å². The molecule has 0 unspecified atom stereocenters. The summed E-state index contributed by atoms with van der Waals surface area (Å²) >= 11 is 0. The number of nitrogens with zero attached hydrogens (tertiary/aromatic N) is 1. The second-order valence-corrected chi connectivity index (χ2v) is 4.38. The largest absolute Gasteiger partial charge is 0.478 e. The van der Waals surface area contributed by atoms with Crippen molar-refractivity contribution in [1.29, 1.82) is 0 Å². The van der Waals surface area contributed by atoms with Crippen molar-refractivity contribution in [3.63, 3.8) is 0 Å². The normalized spacial score (nSPS) is 10.4. The van der Waals surface area contributed by atoms with E-state index in [1.165, 1.54) is 6.20 Å². The molecule has 98 valence electrons. The van der Waals surface area contributed by atoms with Gasteiger partial charge in [0.25, 0.3) is 0 Å². The lowest BCUT2D eigenvalue weighted by Gasteiger charge is -2.09. The van der Waals surface area contributed by atoms with E-state index >= 15 is 0 Å². The van der Waals surface area contributed by atoms with E-state index < -0.39 is 5.97 Å². The number of hydrogen-bond acceptors (Lipinski definition) is 2. The molecule has 1 heterocycles. The molecule has 0 aliphatic carbocycles. The first-order valence-electron chi connectivity index (χ1n) is 6.19. The van der Waals surface area contributed by atoms with E-state index in [9.17, 15) is 9.90 Å². The van der Waals surface area contributed by atoms with Crippen molar-refractivity contribution < 1.29 is 9.90 Å². The van der Waals surface area contributed by atoms with Crippen LogP contribution in [0.3, 0.4) is 0 Å². The first-order chi connectivity index (χ1) is 9.77. The Balaban J connectivity index is 2.21. The second kappa shape index (κ2) is 5.01. The molecule has 1 aromatic heterocycles. The first kappa shape index (κ1) is 12.2. The van der Waals surface area contributed by atoms with Gasteiger partial charge in [0, 0.05) is 5.56 Å². The molecule has 0 saturated heterocycles. The van der Waals surface area contributed by atoms with Crippen LogP contribution in [-0.4, -0.2) is 21.3 Å². The molecule has 4 nitrogen and oxygen atoms in total. The molecule has 20 heavy (non-hydrogen) atoms. The molecule has 0 radical (unpaired) electrons. The number of benzene rings is 2. The van der Waals surface area contributed by atoms with E-state index in [1.807, 2.05) is 54.6 Å². The van der Waals surface area contributed by atoms with Crippen molar-refractivity contribution in [3.05, 3.63) is 66.4 Å². The number of carboxylic acid groups (broad SMARTS) is 1. The van der Waals surface area contributed by atoms with Crippen LogP contribution in [0, 0.1) is 0 Å². The van der Waals surface area contributed by atoms with Gasteiger partial charge < -0.3 is 5.11 Å². The Hall–Kier alpha value is -2.88. The molecule has 0 spiro atoms. The summed E-state index contributed by atoms with van der Waals surface area (Å²) in [6, 6.07) is 17.5.